The van der Waals surface area contributed by atoms with Crippen molar-refractivity contribution in [2.45, 2.75) is 6.42 Å². The highest BCUT2D eigenvalue weighted by Crippen LogP contribution is 2.20. The minimum absolute atomic E-state index is 0.0415. The van der Waals surface area contributed by atoms with Crippen LogP contribution in [0.3, 0.4) is 0 Å². The van der Waals surface area contributed by atoms with E-state index in [1.165, 1.54) is 12.1 Å². The first-order valence-corrected chi connectivity index (χ1v) is 5.19. The molecular formula is C12H11FN2O3. The monoisotopic (exact) mass is 250 g/mol. The van der Waals surface area contributed by atoms with E-state index in [-0.39, 0.29) is 24.3 Å². The minimum Gasteiger partial charge on any atom is -0.480 e. The lowest BCUT2D eigenvalue weighted by molar-refractivity contribution is -0.123. The zero-order chi connectivity index (χ0) is 13.4. The number of halogens is 1. The third-order valence-corrected chi connectivity index (χ3v) is 2.03. The van der Waals surface area contributed by atoms with Crippen molar-refractivity contribution < 1.29 is 18.7 Å². The van der Waals surface area contributed by atoms with Gasteiger partial charge in [-0.25, -0.2) is 4.39 Å². The van der Waals surface area contributed by atoms with E-state index in [1.54, 1.807) is 0 Å². The minimum atomic E-state index is -0.704. The molecule has 0 saturated carbocycles. The van der Waals surface area contributed by atoms with E-state index in [0.717, 1.165) is 6.07 Å². The Bertz CT molecular complexity index is 483. The summed E-state index contributed by atoms with van der Waals surface area (Å²) in [6.45, 7) is -0.205. The third kappa shape index (κ3) is 3.87. The van der Waals surface area contributed by atoms with Gasteiger partial charge in [0.2, 0.25) is 0 Å². The first-order chi connectivity index (χ1) is 8.69. The summed E-state index contributed by atoms with van der Waals surface area (Å²) in [5.74, 6) is -1.43. The van der Waals surface area contributed by atoms with Crippen LogP contribution in [0.5, 0.6) is 5.75 Å². The fourth-order valence-electron chi connectivity index (χ4n) is 1.22. The Kier molecular flexibility index (Phi) is 5.32. The first kappa shape index (κ1) is 13.6. The molecule has 5 nitrogen and oxygen atoms in total. The molecule has 18 heavy (non-hydrogen) atoms. The standard InChI is InChI=1S/C12H11FN2O3/c13-10-4-1-3-9(7-16)12(10)18-8-11(17)15-6-2-5-14/h1,3-4,7H,2,6,8H2,(H,15,17). The number of hydrogen-bond acceptors (Lipinski definition) is 4. The molecule has 0 atom stereocenters. The summed E-state index contributed by atoms with van der Waals surface area (Å²) in [7, 11) is 0. The summed E-state index contributed by atoms with van der Waals surface area (Å²) < 4.78 is 18.3. The Hall–Kier alpha value is -2.42. The molecule has 0 aliphatic carbocycles. The van der Waals surface area contributed by atoms with Gasteiger partial charge in [0.25, 0.3) is 5.91 Å². The fraction of sp³-hybridized carbons (Fsp3) is 0.250. The van der Waals surface area contributed by atoms with Gasteiger partial charge in [-0.05, 0) is 12.1 Å². The lowest BCUT2D eigenvalue weighted by Crippen LogP contribution is -2.29. The average molecular weight is 250 g/mol. The number of benzene rings is 1. The molecule has 0 spiro atoms. The zero-order valence-corrected chi connectivity index (χ0v) is 9.48. The molecule has 0 radical (unpaired) electrons. The third-order valence-electron chi connectivity index (χ3n) is 2.03. The Morgan fingerprint density at radius 1 is 1.56 bits per heavy atom. The van der Waals surface area contributed by atoms with Crippen molar-refractivity contribution in [1.82, 2.24) is 5.32 Å². The summed E-state index contributed by atoms with van der Waals surface area (Å²) in [4.78, 5) is 21.9. The van der Waals surface area contributed by atoms with Crippen molar-refractivity contribution in [2.24, 2.45) is 0 Å². The van der Waals surface area contributed by atoms with E-state index in [4.69, 9.17) is 10.00 Å². The lowest BCUT2D eigenvalue weighted by atomic mass is 10.2. The summed E-state index contributed by atoms with van der Waals surface area (Å²) in [6, 6.07) is 5.76. The van der Waals surface area contributed by atoms with Gasteiger partial charge in [-0.1, -0.05) is 6.07 Å². The van der Waals surface area contributed by atoms with Gasteiger partial charge in [0.1, 0.15) is 0 Å². The highest BCUT2D eigenvalue weighted by atomic mass is 19.1. The van der Waals surface area contributed by atoms with Gasteiger partial charge in [0, 0.05) is 6.54 Å². The Labute approximate surface area is 103 Å². The molecule has 0 aliphatic heterocycles. The number of nitrogens with one attached hydrogen (secondary N) is 1. The van der Waals surface area contributed by atoms with E-state index in [0.29, 0.717) is 6.29 Å². The molecule has 94 valence electrons. The molecule has 0 aromatic heterocycles. The molecule has 6 heteroatoms. The number of rotatable bonds is 6. The Balaban J connectivity index is 2.56. The number of amides is 1. The largest absolute Gasteiger partial charge is 0.480 e. The molecule has 0 saturated heterocycles. The van der Waals surface area contributed by atoms with E-state index < -0.39 is 18.3 Å². The van der Waals surface area contributed by atoms with Gasteiger partial charge in [0.15, 0.2) is 24.5 Å². The maximum atomic E-state index is 13.3. The number of hydrogen-bond donors (Lipinski definition) is 1. The van der Waals surface area contributed by atoms with E-state index in [1.807, 2.05) is 6.07 Å². The number of ether oxygens (including phenoxy) is 1. The Morgan fingerprint density at radius 3 is 3.00 bits per heavy atom. The topological polar surface area (TPSA) is 79.2 Å². The molecule has 0 heterocycles. The maximum absolute atomic E-state index is 13.3. The van der Waals surface area contributed by atoms with Crippen LogP contribution >= 0.6 is 0 Å². The number of aldehydes is 1. The number of nitrogens with zero attached hydrogens (tertiary/aromatic N) is 1. The summed E-state index contributed by atoms with van der Waals surface area (Å²) in [5.41, 5.74) is 0.0415. The molecule has 1 N–H and O–H groups in total. The van der Waals surface area contributed by atoms with Crippen LogP contribution in [0.25, 0.3) is 0 Å². The average Bonchev–Trinajstić information content (AvgIpc) is 2.37. The van der Waals surface area contributed by atoms with E-state index in [2.05, 4.69) is 5.32 Å². The second-order valence-electron chi connectivity index (χ2n) is 3.32. The second kappa shape index (κ2) is 7.01. The van der Waals surface area contributed by atoms with Crippen molar-refractivity contribution >= 4 is 12.2 Å². The van der Waals surface area contributed by atoms with Crippen molar-refractivity contribution in [2.75, 3.05) is 13.2 Å². The fourth-order valence-corrected chi connectivity index (χ4v) is 1.22. The van der Waals surface area contributed by atoms with Crippen LogP contribution in [0.2, 0.25) is 0 Å². The molecule has 1 aromatic rings. The van der Waals surface area contributed by atoms with Crippen LogP contribution in [-0.2, 0) is 4.79 Å². The summed E-state index contributed by atoms with van der Waals surface area (Å²) in [6.07, 6.45) is 0.636. The molecule has 0 fully saturated rings. The quantitative estimate of drug-likeness (QED) is 0.604. The van der Waals surface area contributed by atoms with Crippen molar-refractivity contribution in [3.63, 3.8) is 0 Å². The van der Waals surface area contributed by atoms with Crippen LogP contribution in [0.15, 0.2) is 18.2 Å². The SMILES string of the molecule is N#CCCNC(=O)COc1c(F)cccc1C=O. The summed E-state index contributed by atoms with van der Waals surface area (Å²) >= 11 is 0. The smallest absolute Gasteiger partial charge is 0.257 e. The molecule has 0 aliphatic rings. The van der Waals surface area contributed by atoms with Crippen LogP contribution in [0, 0.1) is 17.1 Å². The van der Waals surface area contributed by atoms with Gasteiger partial charge < -0.3 is 10.1 Å². The van der Waals surface area contributed by atoms with Crippen LogP contribution in [0.1, 0.15) is 16.8 Å². The predicted molar refractivity (Wildman–Crippen MR) is 60.5 cm³/mol. The molecule has 1 aromatic carbocycles. The number of para-hydroxylation sites is 1. The van der Waals surface area contributed by atoms with Gasteiger partial charge in [0.05, 0.1) is 18.1 Å². The molecule has 0 unspecified atom stereocenters. The highest BCUT2D eigenvalue weighted by molar-refractivity contribution is 5.80. The first-order valence-electron chi connectivity index (χ1n) is 5.19. The van der Waals surface area contributed by atoms with E-state index in [9.17, 15) is 14.0 Å². The number of carbonyl (C=O) groups excluding carboxylic acids is 2. The van der Waals surface area contributed by atoms with Gasteiger partial charge >= 0.3 is 0 Å². The molecule has 1 amide bonds. The van der Waals surface area contributed by atoms with Gasteiger partial charge in [-0.3, -0.25) is 9.59 Å². The molecule has 1 rings (SSSR count). The van der Waals surface area contributed by atoms with Gasteiger partial charge in [-0.2, -0.15) is 5.26 Å². The number of nitriles is 1. The highest BCUT2D eigenvalue weighted by Gasteiger charge is 2.11. The van der Waals surface area contributed by atoms with Crippen LogP contribution in [0.4, 0.5) is 4.39 Å². The number of carbonyl (C=O) groups is 2. The maximum Gasteiger partial charge on any atom is 0.257 e. The lowest BCUT2D eigenvalue weighted by Gasteiger charge is -2.09. The zero-order valence-electron chi connectivity index (χ0n) is 9.48. The normalized spacial score (nSPS) is 9.33. The summed E-state index contributed by atoms with van der Waals surface area (Å²) in [5, 5.41) is 10.7. The van der Waals surface area contributed by atoms with Crippen LogP contribution in [-0.4, -0.2) is 25.3 Å². The van der Waals surface area contributed by atoms with E-state index >= 15 is 0 Å². The second-order valence-corrected chi connectivity index (χ2v) is 3.32. The van der Waals surface area contributed by atoms with Crippen LogP contribution < -0.4 is 10.1 Å². The van der Waals surface area contributed by atoms with Crippen molar-refractivity contribution in [1.29, 1.82) is 5.26 Å². The van der Waals surface area contributed by atoms with Crippen molar-refractivity contribution in [3.8, 4) is 11.8 Å². The predicted octanol–water partition coefficient (Wildman–Crippen LogP) is 1.05. The van der Waals surface area contributed by atoms with Gasteiger partial charge in [-0.15, -0.1) is 0 Å². The molecular weight excluding hydrogens is 239 g/mol. The van der Waals surface area contributed by atoms with Crippen molar-refractivity contribution in [3.05, 3.63) is 29.6 Å². The molecule has 0 bridgehead atoms. The Morgan fingerprint density at radius 2 is 2.33 bits per heavy atom.